The summed E-state index contributed by atoms with van der Waals surface area (Å²) >= 11 is 0. The van der Waals surface area contributed by atoms with Gasteiger partial charge in [0.1, 0.15) is 11.6 Å². The summed E-state index contributed by atoms with van der Waals surface area (Å²) < 4.78 is 5.31. The first kappa shape index (κ1) is 27.2. The molecular formula is C21H39BN2O7. The lowest BCUT2D eigenvalue weighted by Crippen LogP contribution is -2.57. The molecule has 1 aliphatic heterocycles. The van der Waals surface area contributed by atoms with Crippen LogP contribution in [0.3, 0.4) is 0 Å². The van der Waals surface area contributed by atoms with Crippen molar-refractivity contribution in [3.05, 3.63) is 0 Å². The summed E-state index contributed by atoms with van der Waals surface area (Å²) in [6.07, 6.45) is 3.21. The number of carboxylic acids is 1. The zero-order chi connectivity index (χ0) is 23.8. The van der Waals surface area contributed by atoms with E-state index in [-0.39, 0.29) is 24.7 Å². The number of carbonyl (C=O) groups excluding carboxylic acids is 2. The Hall–Kier alpha value is -1.81. The molecule has 3 atom stereocenters. The highest BCUT2D eigenvalue weighted by atomic mass is 16.6. The third-order valence-corrected chi connectivity index (χ3v) is 5.50. The predicted molar refractivity (Wildman–Crippen MR) is 117 cm³/mol. The van der Waals surface area contributed by atoms with Gasteiger partial charge < -0.3 is 30.1 Å². The number of alkyl carbamates (subject to hydrolysis) is 1. The van der Waals surface area contributed by atoms with Crippen molar-refractivity contribution in [1.82, 2.24) is 10.2 Å². The fraction of sp³-hybridized carbons (Fsp3) is 0.857. The summed E-state index contributed by atoms with van der Waals surface area (Å²) in [5.41, 5.74) is -1.84. The molecule has 1 rings (SSSR count). The highest BCUT2D eigenvalue weighted by Gasteiger charge is 2.44. The van der Waals surface area contributed by atoms with E-state index in [2.05, 4.69) is 5.32 Å². The maximum absolute atomic E-state index is 13.4. The number of ether oxygens (including phenoxy) is 1. The van der Waals surface area contributed by atoms with Gasteiger partial charge in [-0.2, -0.15) is 0 Å². The van der Waals surface area contributed by atoms with Crippen LogP contribution in [0.5, 0.6) is 0 Å². The highest BCUT2D eigenvalue weighted by molar-refractivity contribution is 6.40. The zero-order valence-corrected chi connectivity index (χ0v) is 19.5. The average Bonchev–Trinajstić information content (AvgIpc) is 2.63. The van der Waals surface area contributed by atoms with E-state index in [0.717, 1.165) is 19.3 Å². The lowest BCUT2D eigenvalue weighted by atomic mass is 9.72. The smallest absolute Gasteiger partial charge is 0.451 e. The van der Waals surface area contributed by atoms with Crippen LogP contribution in [0.1, 0.15) is 73.1 Å². The predicted octanol–water partition coefficient (Wildman–Crippen LogP) is 2.26. The van der Waals surface area contributed by atoms with Crippen LogP contribution in [0.15, 0.2) is 0 Å². The van der Waals surface area contributed by atoms with Gasteiger partial charge in [0, 0.05) is 13.1 Å². The van der Waals surface area contributed by atoms with E-state index in [1.54, 1.807) is 27.7 Å². The Bertz CT molecular complexity index is 623. The first-order chi connectivity index (χ1) is 14.3. The van der Waals surface area contributed by atoms with Gasteiger partial charge in [0.25, 0.3) is 0 Å². The van der Waals surface area contributed by atoms with Gasteiger partial charge in [-0.25, -0.2) is 4.79 Å². The monoisotopic (exact) mass is 442 g/mol. The van der Waals surface area contributed by atoms with Crippen LogP contribution in [0, 0.1) is 11.3 Å². The molecular weight excluding hydrogens is 403 g/mol. The first-order valence-corrected chi connectivity index (χ1v) is 11.1. The molecule has 178 valence electrons. The maximum Gasteiger partial charge on any atom is 0.451 e. The average molecular weight is 442 g/mol. The molecule has 0 aromatic rings. The third kappa shape index (κ3) is 9.47. The maximum atomic E-state index is 13.4. The van der Waals surface area contributed by atoms with E-state index in [1.807, 2.05) is 6.92 Å². The molecule has 0 aliphatic carbocycles. The molecule has 9 nitrogen and oxygen atoms in total. The Morgan fingerprint density at radius 2 is 1.90 bits per heavy atom. The van der Waals surface area contributed by atoms with Crippen molar-refractivity contribution in [3.8, 4) is 0 Å². The van der Waals surface area contributed by atoms with Gasteiger partial charge >= 0.3 is 19.2 Å². The second-order valence-electron chi connectivity index (χ2n) is 9.91. The molecule has 2 amide bonds. The molecule has 1 heterocycles. The quantitative estimate of drug-likeness (QED) is 0.301. The molecule has 4 N–H and O–H groups in total. The highest BCUT2D eigenvalue weighted by Crippen LogP contribution is 2.36. The van der Waals surface area contributed by atoms with E-state index in [1.165, 1.54) is 4.90 Å². The first-order valence-electron chi connectivity index (χ1n) is 11.1. The van der Waals surface area contributed by atoms with Gasteiger partial charge in [0.15, 0.2) is 0 Å². The summed E-state index contributed by atoms with van der Waals surface area (Å²) in [4.78, 5) is 39.1. The molecule has 1 saturated heterocycles. The summed E-state index contributed by atoms with van der Waals surface area (Å²) in [6, 6.07) is -0.804. The Morgan fingerprint density at radius 3 is 2.42 bits per heavy atom. The summed E-state index contributed by atoms with van der Waals surface area (Å²) in [5, 5.41) is 30.8. The number of rotatable bonds is 10. The SMILES string of the molecule is CCCCC[C@H](NC(=O)OC(C)(C)C)C(=O)N1C[C@@H](CCB(O)O)C[C@](C)(C(=O)O)C1. The second kappa shape index (κ2) is 11.7. The van der Waals surface area contributed by atoms with Crippen LogP contribution in [-0.2, 0) is 14.3 Å². The van der Waals surface area contributed by atoms with Gasteiger partial charge in [0.2, 0.25) is 5.91 Å². The molecule has 10 heteroatoms. The normalized spacial score (nSPS) is 22.5. The largest absolute Gasteiger partial charge is 0.481 e. The summed E-state index contributed by atoms with van der Waals surface area (Å²) in [6.45, 7) is 9.22. The molecule has 0 saturated carbocycles. The van der Waals surface area contributed by atoms with Gasteiger partial charge in [-0.1, -0.05) is 32.6 Å². The van der Waals surface area contributed by atoms with Crippen LogP contribution in [0.25, 0.3) is 0 Å². The minimum atomic E-state index is -1.47. The van der Waals surface area contributed by atoms with Crippen molar-refractivity contribution in [2.24, 2.45) is 11.3 Å². The van der Waals surface area contributed by atoms with Crippen LogP contribution >= 0.6 is 0 Å². The molecule has 1 fully saturated rings. The van der Waals surface area contributed by atoms with Gasteiger partial charge in [0.05, 0.1) is 5.41 Å². The number of carboxylic acid groups (broad SMARTS) is 1. The van der Waals surface area contributed by atoms with Gasteiger partial charge in [-0.05, 0) is 52.8 Å². The van der Waals surface area contributed by atoms with Crippen molar-refractivity contribution in [3.63, 3.8) is 0 Å². The van der Waals surface area contributed by atoms with Crippen LogP contribution in [0.4, 0.5) is 4.79 Å². The van der Waals surface area contributed by atoms with Crippen molar-refractivity contribution in [2.45, 2.75) is 91.1 Å². The standard InChI is InChI=1S/C21H39BN2O7/c1-6-7-8-9-16(23-19(28)31-20(2,3)4)17(25)24-13-15(10-11-22(29)30)12-21(5,14-24)18(26)27/h15-16,29-30H,6-14H2,1-5H3,(H,23,28)(H,26,27)/t15-,16-,21-/m0/s1. The van der Waals surface area contributed by atoms with E-state index in [0.29, 0.717) is 25.8 Å². The van der Waals surface area contributed by atoms with Crippen LogP contribution in [-0.4, -0.2) is 69.9 Å². The van der Waals surface area contributed by atoms with Crippen molar-refractivity contribution in [1.29, 1.82) is 0 Å². The molecule has 31 heavy (non-hydrogen) atoms. The number of carbonyl (C=O) groups is 3. The summed E-state index contributed by atoms with van der Waals surface area (Å²) in [5.74, 6) is -1.51. The number of amides is 2. The molecule has 0 radical (unpaired) electrons. The van der Waals surface area contributed by atoms with Crippen LogP contribution in [0.2, 0.25) is 6.32 Å². The van der Waals surface area contributed by atoms with E-state index >= 15 is 0 Å². The second-order valence-corrected chi connectivity index (χ2v) is 9.91. The van der Waals surface area contributed by atoms with Gasteiger partial charge in [-0.3, -0.25) is 9.59 Å². The number of nitrogens with one attached hydrogen (secondary N) is 1. The minimum Gasteiger partial charge on any atom is -0.481 e. The van der Waals surface area contributed by atoms with E-state index in [9.17, 15) is 29.5 Å². The number of aliphatic carboxylic acids is 1. The fourth-order valence-electron chi connectivity index (χ4n) is 3.99. The Morgan fingerprint density at radius 1 is 1.26 bits per heavy atom. The summed E-state index contributed by atoms with van der Waals surface area (Å²) in [7, 11) is -1.47. The van der Waals surface area contributed by atoms with Gasteiger partial charge in [-0.15, -0.1) is 0 Å². The molecule has 1 aliphatic rings. The van der Waals surface area contributed by atoms with Crippen LogP contribution < -0.4 is 5.32 Å². The van der Waals surface area contributed by atoms with E-state index < -0.39 is 36.2 Å². The number of nitrogens with zero attached hydrogens (tertiary/aromatic N) is 1. The topological polar surface area (TPSA) is 136 Å². The molecule has 0 bridgehead atoms. The Kier molecular flexibility index (Phi) is 10.3. The molecule has 0 unspecified atom stereocenters. The zero-order valence-electron chi connectivity index (χ0n) is 19.5. The van der Waals surface area contributed by atoms with Crippen molar-refractivity contribution < 1.29 is 34.3 Å². The van der Waals surface area contributed by atoms with Crippen molar-refractivity contribution >= 4 is 25.1 Å². The Balaban J connectivity index is 3.01. The number of hydrogen-bond acceptors (Lipinski definition) is 6. The molecule has 0 aromatic heterocycles. The van der Waals surface area contributed by atoms with E-state index in [4.69, 9.17) is 4.74 Å². The number of piperidine rings is 1. The fourth-order valence-corrected chi connectivity index (χ4v) is 3.99. The number of hydrogen-bond donors (Lipinski definition) is 4. The number of likely N-dealkylation sites (tertiary alicyclic amines) is 1. The van der Waals surface area contributed by atoms with Crippen molar-refractivity contribution in [2.75, 3.05) is 13.1 Å². The molecule has 0 spiro atoms. The Labute approximate surface area is 185 Å². The number of unbranched alkanes of at least 4 members (excludes halogenated alkanes) is 2. The minimum absolute atomic E-state index is 0.0413. The molecule has 0 aromatic carbocycles. The third-order valence-electron chi connectivity index (χ3n) is 5.50. The lowest BCUT2D eigenvalue weighted by Gasteiger charge is -2.43. The lowest BCUT2D eigenvalue weighted by molar-refractivity contribution is -0.156.